The highest BCUT2D eigenvalue weighted by molar-refractivity contribution is 5.57. The highest BCUT2D eigenvalue weighted by Gasteiger charge is 2.34. The minimum Gasteiger partial charge on any atom is -0.508 e. The van der Waals surface area contributed by atoms with E-state index in [2.05, 4.69) is 4.98 Å². The molecular weight excluding hydrogens is 245 g/mol. The number of alkyl halides is 3. The number of halogens is 3. The third-order valence-electron chi connectivity index (χ3n) is 2.53. The van der Waals surface area contributed by atoms with E-state index in [0.717, 1.165) is 6.20 Å². The van der Waals surface area contributed by atoms with Gasteiger partial charge in [-0.3, -0.25) is 0 Å². The van der Waals surface area contributed by atoms with Gasteiger partial charge in [0, 0.05) is 18.3 Å². The summed E-state index contributed by atoms with van der Waals surface area (Å²) in [6, 6.07) is 5.89. The number of nitrogens with zero attached hydrogens (tertiary/aromatic N) is 2. The molecule has 3 nitrogen and oxygen atoms in total. The number of phenolic OH excluding ortho intramolecular Hbond substituents is 1. The fraction of sp³-hybridized carbons (Fsp3) is 0.250. The lowest BCUT2D eigenvalue weighted by Crippen LogP contribution is -2.05. The number of benzene rings is 1. The van der Waals surface area contributed by atoms with Gasteiger partial charge >= 0.3 is 6.18 Å². The van der Waals surface area contributed by atoms with Gasteiger partial charge in [-0.1, -0.05) is 0 Å². The maximum absolute atomic E-state index is 12.6. The average Bonchev–Trinajstić information content (AvgIpc) is 2.73. The summed E-state index contributed by atoms with van der Waals surface area (Å²) in [6.07, 6.45) is -3.46. The molecule has 0 fully saturated rings. The molecule has 1 aromatic heterocycles. The summed E-state index contributed by atoms with van der Waals surface area (Å²) in [5.41, 5.74) is -0.377. The molecule has 0 aliphatic rings. The van der Waals surface area contributed by atoms with E-state index < -0.39 is 11.9 Å². The Labute approximate surface area is 102 Å². The average molecular weight is 256 g/mol. The second-order valence-electron chi connectivity index (χ2n) is 3.78. The Balaban J connectivity index is 2.50. The van der Waals surface area contributed by atoms with Crippen molar-refractivity contribution in [1.29, 1.82) is 0 Å². The van der Waals surface area contributed by atoms with Crippen LogP contribution in [-0.2, 0) is 12.7 Å². The first-order chi connectivity index (χ1) is 8.41. The lowest BCUT2D eigenvalue weighted by molar-refractivity contribution is -0.140. The van der Waals surface area contributed by atoms with Gasteiger partial charge in [0.2, 0.25) is 0 Å². The van der Waals surface area contributed by atoms with Crippen LogP contribution in [0.4, 0.5) is 13.2 Å². The molecule has 96 valence electrons. The Morgan fingerprint density at radius 1 is 1.22 bits per heavy atom. The van der Waals surface area contributed by atoms with Gasteiger partial charge in [-0.05, 0) is 31.2 Å². The molecule has 6 heteroatoms. The molecule has 0 aliphatic carbocycles. The number of phenols is 1. The summed E-state index contributed by atoms with van der Waals surface area (Å²) >= 11 is 0. The van der Waals surface area contributed by atoms with Crippen LogP contribution in [0.2, 0.25) is 0 Å². The monoisotopic (exact) mass is 256 g/mol. The van der Waals surface area contributed by atoms with Crippen LogP contribution in [0, 0.1) is 0 Å². The molecule has 0 bridgehead atoms. The largest absolute Gasteiger partial charge is 0.508 e. The Morgan fingerprint density at radius 2 is 1.83 bits per heavy atom. The first-order valence-corrected chi connectivity index (χ1v) is 5.35. The topological polar surface area (TPSA) is 38.0 Å². The van der Waals surface area contributed by atoms with Crippen LogP contribution in [0.5, 0.6) is 5.75 Å². The number of imidazole rings is 1. The molecule has 0 unspecified atom stereocenters. The Bertz CT molecular complexity index is 543. The van der Waals surface area contributed by atoms with Crippen LogP contribution in [0.3, 0.4) is 0 Å². The third-order valence-corrected chi connectivity index (χ3v) is 2.53. The lowest BCUT2D eigenvalue weighted by Gasteiger charge is -2.04. The zero-order valence-corrected chi connectivity index (χ0v) is 9.57. The molecule has 0 spiro atoms. The van der Waals surface area contributed by atoms with E-state index >= 15 is 0 Å². The third kappa shape index (κ3) is 2.32. The fourth-order valence-electron chi connectivity index (χ4n) is 1.63. The lowest BCUT2D eigenvalue weighted by atomic mass is 10.2. The number of hydrogen-bond donors (Lipinski definition) is 1. The summed E-state index contributed by atoms with van der Waals surface area (Å²) in [5.74, 6) is 0.300. The molecule has 0 saturated carbocycles. The van der Waals surface area contributed by atoms with Gasteiger partial charge < -0.3 is 9.67 Å². The summed E-state index contributed by atoms with van der Waals surface area (Å²) in [6.45, 7) is 2.13. The second kappa shape index (κ2) is 4.36. The molecule has 0 aliphatic heterocycles. The van der Waals surface area contributed by atoms with E-state index in [4.69, 9.17) is 5.11 Å². The van der Waals surface area contributed by atoms with E-state index in [9.17, 15) is 13.2 Å². The number of rotatable bonds is 2. The van der Waals surface area contributed by atoms with Gasteiger partial charge in [0.1, 0.15) is 11.6 Å². The molecule has 18 heavy (non-hydrogen) atoms. The van der Waals surface area contributed by atoms with Gasteiger partial charge in [-0.15, -0.1) is 0 Å². The van der Waals surface area contributed by atoms with Crippen molar-refractivity contribution in [3.63, 3.8) is 0 Å². The molecule has 2 rings (SSSR count). The molecule has 0 saturated heterocycles. The first kappa shape index (κ1) is 12.5. The fourth-order valence-corrected chi connectivity index (χ4v) is 1.63. The zero-order chi connectivity index (χ0) is 13.3. The van der Waals surface area contributed by atoms with Crippen molar-refractivity contribution in [2.45, 2.75) is 19.6 Å². The summed E-state index contributed by atoms with van der Waals surface area (Å²) in [4.78, 5) is 3.61. The van der Waals surface area contributed by atoms with Crippen molar-refractivity contribution in [2.75, 3.05) is 0 Å². The highest BCUT2D eigenvalue weighted by atomic mass is 19.4. The van der Waals surface area contributed by atoms with E-state index in [1.54, 1.807) is 6.92 Å². The van der Waals surface area contributed by atoms with E-state index in [-0.39, 0.29) is 11.6 Å². The molecule has 0 amide bonds. The van der Waals surface area contributed by atoms with E-state index in [0.29, 0.717) is 12.1 Å². The summed E-state index contributed by atoms with van der Waals surface area (Å²) < 4.78 is 39.2. The van der Waals surface area contributed by atoms with Crippen molar-refractivity contribution < 1.29 is 18.3 Å². The smallest absolute Gasteiger partial charge is 0.434 e. The normalized spacial score (nSPS) is 11.8. The van der Waals surface area contributed by atoms with Gasteiger partial charge in [-0.25, -0.2) is 4.98 Å². The maximum Gasteiger partial charge on any atom is 0.434 e. The summed E-state index contributed by atoms with van der Waals surface area (Å²) in [5, 5.41) is 9.16. The van der Waals surface area contributed by atoms with Gasteiger partial charge in [0.15, 0.2) is 5.69 Å². The Morgan fingerprint density at radius 3 is 2.33 bits per heavy atom. The standard InChI is InChI=1S/C12H11F3N2O/c1-2-17-7-10(12(13,14)15)16-11(17)8-3-5-9(18)6-4-8/h3-7,18H,2H2,1H3. The molecule has 1 heterocycles. The molecule has 0 radical (unpaired) electrons. The predicted molar refractivity (Wildman–Crippen MR) is 60.0 cm³/mol. The number of hydrogen-bond acceptors (Lipinski definition) is 2. The summed E-state index contributed by atoms with van der Waals surface area (Å²) in [7, 11) is 0. The van der Waals surface area contributed by atoms with Gasteiger partial charge in [0.25, 0.3) is 0 Å². The molecular formula is C12H11F3N2O. The van der Waals surface area contributed by atoms with Crippen molar-refractivity contribution in [2.24, 2.45) is 0 Å². The van der Waals surface area contributed by atoms with Gasteiger partial charge in [0.05, 0.1) is 0 Å². The Hall–Kier alpha value is -1.98. The SMILES string of the molecule is CCn1cc(C(F)(F)F)nc1-c1ccc(O)cc1. The zero-order valence-electron chi connectivity index (χ0n) is 9.57. The molecule has 2 aromatic rings. The van der Waals surface area contributed by atoms with Crippen LogP contribution >= 0.6 is 0 Å². The van der Waals surface area contributed by atoms with Crippen LogP contribution in [0.25, 0.3) is 11.4 Å². The van der Waals surface area contributed by atoms with Crippen LogP contribution in [0.15, 0.2) is 30.5 Å². The second-order valence-corrected chi connectivity index (χ2v) is 3.78. The first-order valence-electron chi connectivity index (χ1n) is 5.35. The van der Waals surface area contributed by atoms with E-state index in [1.165, 1.54) is 28.8 Å². The van der Waals surface area contributed by atoms with E-state index in [1.807, 2.05) is 0 Å². The van der Waals surface area contributed by atoms with Crippen LogP contribution < -0.4 is 0 Å². The van der Waals surface area contributed by atoms with Crippen LogP contribution in [-0.4, -0.2) is 14.7 Å². The molecule has 1 aromatic carbocycles. The van der Waals surface area contributed by atoms with Crippen molar-refractivity contribution in [3.8, 4) is 17.1 Å². The molecule has 0 atom stereocenters. The minimum atomic E-state index is -4.45. The van der Waals surface area contributed by atoms with Crippen LogP contribution in [0.1, 0.15) is 12.6 Å². The maximum atomic E-state index is 12.6. The van der Waals surface area contributed by atoms with Crippen molar-refractivity contribution >= 4 is 0 Å². The highest BCUT2D eigenvalue weighted by Crippen LogP contribution is 2.31. The number of aryl methyl sites for hydroxylation is 1. The van der Waals surface area contributed by atoms with Gasteiger partial charge in [-0.2, -0.15) is 13.2 Å². The predicted octanol–water partition coefficient (Wildman–Crippen LogP) is 3.29. The van der Waals surface area contributed by atoms with Crippen molar-refractivity contribution in [1.82, 2.24) is 9.55 Å². The quantitative estimate of drug-likeness (QED) is 0.895. The van der Waals surface area contributed by atoms with Crippen molar-refractivity contribution in [3.05, 3.63) is 36.2 Å². The molecule has 1 N–H and O–H groups in total. The Kier molecular flexibility index (Phi) is 3.02. The minimum absolute atomic E-state index is 0.0596. The number of aromatic nitrogens is 2. The number of aromatic hydroxyl groups is 1.